The summed E-state index contributed by atoms with van der Waals surface area (Å²) < 4.78 is 1.82. The summed E-state index contributed by atoms with van der Waals surface area (Å²) in [6, 6.07) is 11.8. The highest BCUT2D eigenvalue weighted by atomic mass is 16.1. The monoisotopic (exact) mass is 335 g/mol. The van der Waals surface area contributed by atoms with Gasteiger partial charge < -0.3 is 10.2 Å². The van der Waals surface area contributed by atoms with Crippen LogP contribution >= 0.6 is 0 Å². The second kappa shape index (κ2) is 6.93. The Morgan fingerprint density at radius 1 is 1.20 bits per heavy atom. The van der Waals surface area contributed by atoms with Crippen molar-refractivity contribution in [2.45, 2.75) is 19.4 Å². The SMILES string of the molecule is O=C(NCc1cccn2nccc12)C1CCCN(c2ccccn2)C1. The Kier molecular flexibility index (Phi) is 4.33. The number of pyridine rings is 2. The molecular weight excluding hydrogens is 314 g/mol. The Balaban J connectivity index is 1.40. The van der Waals surface area contributed by atoms with E-state index in [1.807, 2.05) is 47.1 Å². The third-order valence-corrected chi connectivity index (χ3v) is 4.74. The maximum absolute atomic E-state index is 12.6. The molecule has 25 heavy (non-hydrogen) atoms. The van der Waals surface area contributed by atoms with Crippen LogP contribution in [0, 0.1) is 5.92 Å². The van der Waals surface area contributed by atoms with Crippen LogP contribution in [0.15, 0.2) is 55.0 Å². The van der Waals surface area contributed by atoms with Crippen LogP contribution in [-0.4, -0.2) is 33.6 Å². The third-order valence-electron chi connectivity index (χ3n) is 4.74. The minimum Gasteiger partial charge on any atom is -0.356 e. The topological polar surface area (TPSA) is 62.5 Å². The number of hydrogen-bond acceptors (Lipinski definition) is 4. The Hall–Kier alpha value is -2.89. The van der Waals surface area contributed by atoms with Crippen LogP contribution in [0.3, 0.4) is 0 Å². The zero-order chi connectivity index (χ0) is 17.1. The van der Waals surface area contributed by atoms with Crippen LogP contribution in [0.25, 0.3) is 5.52 Å². The Morgan fingerprint density at radius 2 is 2.16 bits per heavy atom. The van der Waals surface area contributed by atoms with E-state index in [0.29, 0.717) is 6.54 Å². The van der Waals surface area contributed by atoms with Gasteiger partial charge >= 0.3 is 0 Å². The van der Waals surface area contributed by atoms with Crippen molar-refractivity contribution < 1.29 is 4.79 Å². The first kappa shape index (κ1) is 15.6. The predicted molar refractivity (Wildman–Crippen MR) is 96.2 cm³/mol. The lowest BCUT2D eigenvalue weighted by Gasteiger charge is -2.32. The van der Waals surface area contributed by atoms with Gasteiger partial charge in [-0.25, -0.2) is 9.50 Å². The van der Waals surface area contributed by atoms with Crippen LogP contribution < -0.4 is 10.2 Å². The van der Waals surface area contributed by atoms with Gasteiger partial charge in [0.15, 0.2) is 0 Å². The molecule has 1 N–H and O–H groups in total. The molecule has 128 valence electrons. The smallest absolute Gasteiger partial charge is 0.225 e. The van der Waals surface area contributed by atoms with Gasteiger partial charge in [0.05, 0.1) is 11.4 Å². The highest BCUT2D eigenvalue weighted by molar-refractivity contribution is 5.79. The Bertz CT molecular complexity index is 860. The van der Waals surface area contributed by atoms with Gasteiger partial charge in [-0.3, -0.25) is 4.79 Å². The van der Waals surface area contributed by atoms with E-state index in [1.54, 1.807) is 12.4 Å². The van der Waals surface area contributed by atoms with E-state index >= 15 is 0 Å². The number of nitrogens with one attached hydrogen (secondary N) is 1. The molecular formula is C19H21N5O. The van der Waals surface area contributed by atoms with Crippen LogP contribution in [-0.2, 0) is 11.3 Å². The van der Waals surface area contributed by atoms with Gasteiger partial charge in [0.2, 0.25) is 5.91 Å². The molecule has 3 aromatic rings. The molecule has 1 aliphatic heterocycles. The highest BCUT2D eigenvalue weighted by Gasteiger charge is 2.26. The summed E-state index contributed by atoms with van der Waals surface area (Å²) in [5.74, 6) is 1.06. The highest BCUT2D eigenvalue weighted by Crippen LogP contribution is 2.21. The lowest BCUT2D eigenvalue weighted by atomic mass is 9.97. The standard InChI is InChI=1S/C19H21N5O/c25-19(21-13-15-5-4-12-24-17(15)8-10-22-24)16-6-3-11-23(14-16)18-7-1-2-9-20-18/h1-2,4-5,7-10,12,16H,3,6,11,13-14H2,(H,21,25). The fraction of sp³-hybridized carbons (Fsp3) is 0.316. The Morgan fingerprint density at radius 3 is 3.04 bits per heavy atom. The van der Waals surface area contributed by atoms with Gasteiger partial charge in [0, 0.05) is 38.2 Å². The van der Waals surface area contributed by atoms with Crippen molar-refractivity contribution in [1.29, 1.82) is 0 Å². The van der Waals surface area contributed by atoms with Gasteiger partial charge in [0.1, 0.15) is 5.82 Å². The molecule has 0 saturated carbocycles. The number of rotatable bonds is 4. The molecule has 4 heterocycles. The maximum atomic E-state index is 12.6. The van der Waals surface area contributed by atoms with Crippen LogP contribution in [0.1, 0.15) is 18.4 Å². The molecule has 0 radical (unpaired) electrons. The summed E-state index contributed by atoms with van der Waals surface area (Å²) in [6.07, 6.45) is 7.41. The molecule has 1 aliphatic rings. The van der Waals surface area contributed by atoms with Crippen molar-refractivity contribution in [3.8, 4) is 0 Å². The molecule has 0 spiro atoms. The summed E-state index contributed by atoms with van der Waals surface area (Å²) in [5.41, 5.74) is 2.10. The van der Waals surface area contributed by atoms with Crippen LogP contribution in [0.2, 0.25) is 0 Å². The van der Waals surface area contributed by atoms with Crippen molar-refractivity contribution in [1.82, 2.24) is 19.9 Å². The first-order chi connectivity index (χ1) is 12.3. The average Bonchev–Trinajstić information content (AvgIpc) is 3.16. The number of nitrogens with zero attached hydrogens (tertiary/aromatic N) is 4. The van der Waals surface area contributed by atoms with Crippen molar-refractivity contribution in [2.75, 3.05) is 18.0 Å². The zero-order valence-electron chi connectivity index (χ0n) is 14.0. The maximum Gasteiger partial charge on any atom is 0.225 e. The van der Waals surface area contributed by atoms with Gasteiger partial charge in [-0.2, -0.15) is 5.10 Å². The van der Waals surface area contributed by atoms with E-state index in [9.17, 15) is 4.79 Å². The summed E-state index contributed by atoms with van der Waals surface area (Å²) in [6.45, 7) is 2.20. The molecule has 1 fully saturated rings. The van der Waals surface area contributed by atoms with E-state index in [-0.39, 0.29) is 11.8 Å². The van der Waals surface area contributed by atoms with Crippen LogP contribution in [0.5, 0.6) is 0 Å². The zero-order valence-corrected chi connectivity index (χ0v) is 14.0. The number of hydrogen-bond donors (Lipinski definition) is 1. The minimum atomic E-state index is 0.000370. The van der Waals surface area contributed by atoms with E-state index in [1.165, 1.54) is 0 Å². The van der Waals surface area contributed by atoms with Gasteiger partial charge in [0.25, 0.3) is 0 Å². The van der Waals surface area contributed by atoms with Crippen molar-refractivity contribution in [3.63, 3.8) is 0 Å². The van der Waals surface area contributed by atoms with Gasteiger partial charge in [-0.1, -0.05) is 12.1 Å². The molecule has 3 aromatic heterocycles. The molecule has 0 aliphatic carbocycles. The number of fused-ring (bicyclic) bond motifs is 1. The minimum absolute atomic E-state index is 0.000370. The average molecular weight is 335 g/mol. The molecule has 6 nitrogen and oxygen atoms in total. The Labute approximate surface area is 146 Å². The summed E-state index contributed by atoms with van der Waals surface area (Å²) in [4.78, 5) is 19.2. The van der Waals surface area contributed by atoms with E-state index < -0.39 is 0 Å². The molecule has 1 atom stereocenters. The first-order valence-corrected chi connectivity index (χ1v) is 8.66. The van der Waals surface area contributed by atoms with Crippen LogP contribution in [0.4, 0.5) is 5.82 Å². The lowest BCUT2D eigenvalue weighted by Crippen LogP contribution is -2.43. The summed E-state index contributed by atoms with van der Waals surface area (Å²) >= 11 is 0. The van der Waals surface area contributed by atoms with Crippen molar-refractivity contribution in [3.05, 3.63) is 60.6 Å². The second-order valence-corrected chi connectivity index (χ2v) is 6.39. The number of amides is 1. The number of aromatic nitrogens is 3. The molecule has 0 bridgehead atoms. The molecule has 6 heteroatoms. The summed E-state index contributed by atoms with van der Waals surface area (Å²) in [7, 11) is 0. The first-order valence-electron chi connectivity index (χ1n) is 8.66. The van der Waals surface area contributed by atoms with Crippen molar-refractivity contribution >= 4 is 17.2 Å². The summed E-state index contributed by atoms with van der Waals surface area (Å²) in [5, 5.41) is 7.33. The van der Waals surface area contributed by atoms with E-state index in [0.717, 1.165) is 42.8 Å². The third kappa shape index (κ3) is 3.33. The number of carbonyl (C=O) groups excluding carboxylic acids is 1. The predicted octanol–water partition coefficient (Wildman–Crippen LogP) is 2.26. The normalized spacial score (nSPS) is 17.6. The fourth-order valence-electron chi connectivity index (χ4n) is 3.43. The van der Waals surface area contributed by atoms with Gasteiger partial charge in [-0.05, 0) is 42.7 Å². The number of piperidine rings is 1. The van der Waals surface area contributed by atoms with Gasteiger partial charge in [-0.15, -0.1) is 0 Å². The quantitative estimate of drug-likeness (QED) is 0.794. The van der Waals surface area contributed by atoms with E-state index in [4.69, 9.17) is 0 Å². The fourth-order valence-corrected chi connectivity index (χ4v) is 3.43. The largest absolute Gasteiger partial charge is 0.356 e. The molecule has 1 saturated heterocycles. The number of anilines is 1. The molecule has 4 rings (SSSR count). The van der Waals surface area contributed by atoms with E-state index in [2.05, 4.69) is 20.3 Å². The number of carbonyl (C=O) groups is 1. The second-order valence-electron chi connectivity index (χ2n) is 6.39. The molecule has 1 amide bonds. The lowest BCUT2D eigenvalue weighted by molar-refractivity contribution is -0.125. The van der Waals surface area contributed by atoms with Crippen molar-refractivity contribution in [2.24, 2.45) is 5.92 Å². The molecule has 1 unspecified atom stereocenters. The molecule has 0 aromatic carbocycles.